The normalized spacial score (nSPS) is 13.6. The number of carbonyl (C=O) groups is 2. The van der Waals surface area contributed by atoms with E-state index in [1.807, 2.05) is 19.9 Å². The van der Waals surface area contributed by atoms with Crippen LogP contribution in [0.4, 0.5) is 0 Å². The number of rotatable bonds is 4. The first-order valence-corrected chi connectivity index (χ1v) is 9.28. The van der Waals surface area contributed by atoms with E-state index in [1.54, 1.807) is 33.4 Å². The Morgan fingerprint density at radius 2 is 2.07 bits per heavy atom. The molecule has 0 spiro atoms. The minimum atomic E-state index is -0.309. The number of aromatic nitrogens is 5. The lowest BCUT2D eigenvalue weighted by atomic mass is 10.1. The smallest absolute Gasteiger partial charge is 0.327 e. The van der Waals surface area contributed by atoms with Crippen molar-refractivity contribution in [1.82, 2.24) is 29.3 Å². The molecule has 0 saturated carbocycles. The standard InChI is InChI=1S/C19H22N6O3/c1-4-28-18(26)11-24-16-5-6-23(10-14(16)8-21-24)19(27)15-9-20-17-7-12(2)22-25(17)13(15)3/h7-9H,4-6,10-11H2,1-3H3. The van der Waals surface area contributed by atoms with Crippen LogP contribution in [-0.2, 0) is 29.0 Å². The fourth-order valence-electron chi connectivity index (χ4n) is 3.58. The first-order valence-electron chi connectivity index (χ1n) is 9.28. The molecular formula is C19H22N6O3. The highest BCUT2D eigenvalue weighted by molar-refractivity contribution is 5.95. The molecule has 9 nitrogen and oxygen atoms in total. The summed E-state index contributed by atoms with van der Waals surface area (Å²) in [6.07, 6.45) is 3.98. The molecule has 0 saturated heterocycles. The third-order valence-corrected chi connectivity index (χ3v) is 4.96. The fraction of sp³-hybridized carbons (Fsp3) is 0.421. The van der Waals surface area contributed by atoms with Gasteiger partial charge in [-0.3, -0.25) is 14.3 Å². The van der Waals surface area contributed by atoms with Crippen molar-refractivity contribution in [1.29, 1.82) is 0 Å². The van der Waals surface area contributed by atoms with E-state index in [2.05, 4.69) is 15.2 Å². The summed E-state index contributed by atoms with van der Waals surface area (Å²) in [4.78, 5) is 31.0. The minimum absolute atomic E-state index is 0.0798. The summed E-state index contributed by atoms with van der Waals surface area (Å²) in [5.74, 6) is -0.389. The van der Waals surface area contributed by atoms with E-state index in [-0.39, 0.29) is 18.4 Å². The summed E-state index contributed by atoms with van der Waals surface area (Å²) in [6.45, 7) is 6.99. The third-order valence-electron chi connectivity index (χ3n) is 4.96. The Morgan fingerprint density at radius 3 is 2.86 bits per heavy atom. The SMILES string of the molecule is CCOC(=O)Cn1ncc2c1CCN(C(=O)c1cnc3cc(C)nn3c1C)C2. The topological polar surface area (TPSA) is 94.6 Å². The average molecular weight is 382 g/mol. The molecule has 0 atom stereocenters. The van der Waals surface area contributed by atoms with Gasteiger partial charge < -0.3 is 9.64 Å². The summed E-state index contributed by atoms with van der Waals surface area (Å²) >= 11 is 0. The zero-order chi connectivity index (χ0) is 19.8. The van der Waals surface area contributed by atoms with Gasteiger partial charge in [0.05, 0.1) is 29.8 Å². The van der Waals surface area contributed by atoms with E-state index in [0.29, 0.717) is 31.7 Å². The van der Waals surface area contributed by atoms with Gasteiger partial charge in [0, 0.05) is 43.0 Å². The average Bonchev–Trinajstić information content (AvgIpc) is 3.25. The lowest BCUT2D eigenvalue weighted by Crippen LogP contribution is -2.37. The maximum atomic E-state index is 13.1. The number of carbonyl (C=O) groups excluding carboxylic acids is 2. The third kappa shape index (κ3) is 3.12. The van der Waals surface area contributed by atoms with Gasteiger partial charge >= 0.3 is 5.97 Å². The molecule has 0 fully saturated rings. The van der Waals surface area contributed by atoms with Crippen LogP contribution in [0.2, 0.25) is 0 Å². The number of hydrogen-bond acceptors (Lipinski definition) is 6. The Bertz CT molecular complexity index is 1070. The second kappa shape index (κ2) is 7.06. The highest BCUT2D eigenvalue weighted by Gasteiger charge is 2.27. The number of hydrogen-bond donors (Lipinski definition) is 0. The first-order chi connectivity index (χ1) is 13.5. The van der Waals surface area contributed by atoms with Crippen LogP contribution in [0, 0.1) is 13.8 Å². The molecule has 146 valence electrons. The summed E-state index contributed by atoms with van der Waals surface area (Å²) in [7, 11) is 0. The number of amides is 1. The summed E-state index contributed by atoms with van der Waals surface area (Å²) < 4.78 is 8.36. The van der Waals surface area contributed by atoms with Crippen LogP contribution in [0.3, 0.4) is 0 Å². The van der Waals surface area contributed by atoms with Crippen LogP contribution in [0.25, 0.3) is 5.65 Å². The second-order valence-corrected chi connectivity index (χ2v) is 6.87. The molecule has 1 aliphatic rings. The van der Waals surface area contributed by atoms with Crippen LogP contribution < -0.4 is 0 Å². The van der Waals surface area contributed by atoms with Crippen LogP contribution >= 0.6 is 0 Å². The molecule has 3 aromatic heterocycles. The quantitative estimate of drug-likeness (QED) is 0.632. The molecule has 0 aliphatic carbocycles. The van der Waals surface area contributed by atoms with Crippen molar-refractivity contribution in [3.8, 4) is 0 Å². The van der Waals surface area contributed by atoms with Gasteiger partial charge in [0.1, 0.15) is 6.54 Å². The molecule has 0 radical (unpaired) electrons. The van der Waals surface area contributed by atoms with E-state index < -0.39 is 0 Å². The van der Waals surface area contributed by atoms with Crippen molar-refractivity contribution in [2.75, 3.05) is 13.2 Å². The van der Waals surface area contributed by atoms with E-state index >= 15 is 0 Å². The van der Waals surface area contributed by atoms with Gasteiger partial charge in [-0.1, -0.05) is 0 Å². The van der Waals surface area contributed by atoms with E-state index in [9.17, 15) is 9.59 Å². The van der Waals surface area contributed by atoms with Gasteiger partial charge in [0.15, 0.2) is 5.65 Å². The molecule has 4 heterocycles. The summed E-state index contributed by atoms with van der Waals surface area (Å²) in [5, 5.41) is 8.71. The Morgan fingerprint density at radius 1 is 1.25 bits per heavy atom. The second-order valence-electron chi connectivity index (χ2n) is 6.87. The highest BCUT2D eigenvalue weighted by Crippen LogP contribution is 2.22. The molecule has 0 N–H and O–H groups in total. The van der Waals surface area contributed by atoms with Crippen molar-refractivity contribution in [3.63, 3.8) is 0 Å². The summed E-state index contributed by atoms with van der Waals surface area (Å²) in [6, 6.07) is 1.88. The molecule has 1 aliphatic heterocycles. The zero-order valence-electron chi connectivity index (χ0n) is 16.2. The molecule has 1 amide bonds. The Hall–Kier alpha value is -3.23. The van der Waals surface area contributed by atoms with E-state index in [4.69, 9.17) is 4.74 Å². The van der Waals surface area contributed by atoms with E-state index in [1.165, 1.54) is 0 Å². The monoisotopic (exact) mass is 382 g/mol. The molecule has 4 rings (SSSR count). The van der Waals surface area contributed by atoms with Crippen molar-refractivity contribution in [3.05, 3.63) is 46.7 Å². The number of fused-ring (bicyclic) bond motifs is 2. The number of aryl methyl sites for hydroxylation is 2. The van der Waals surface area contributed by atoms with Crippen molar-refractivity contribution in [2.24, 2.45) is 0 Å². The largest absolute Gasteiger partial charge is 0.465 e. The molecule has 0 unspecified atom stereocenters. The lowest BCUT2D eigenvalue weighted by molar-refractivity contribution is -0.144. The predicted molar refractivity (Wildman–Crippen MR) is 99.8 cm³/mol. The van der Waals surface area contributed by atoms with Gasteiger partial charge in [0.2, 0.25) is 0 Å². The minimum Gasteiger partial charge on any atom is -0.465 e. The van der Waals surface area contributed by atoms with Crippen molar-refractivity contribution in [2.45, 2.75) is 40.3 Å². The van der Waals surface area contributed by atoms with Gasteiger partial charge in [0.25, 0.3) is 5.91 Å². The van der Waals surface area contributed by atoms with Crippen LogP contribution in [0.5, 0.6) is 0 Å². The van der Waals surface area contributed by atoms with Crippen molar-refractivity contribution >= 4 is 17.5 Å². The Labute approximate surface area is 161 Å². The Balaban J connectivity index is 1.55. The number of ether oxygens (including phenoxy) is 1. The van der Waals surface area contributed by atoms with Gasteiger partial charge in [-0.15, -0.1) is 0 Å². The molecular weight excluding hydrogens is 360 g/mol. The Kier molecular flexibility index (Phi) is 4.58. The number of nitrogens with zero attached hydrogens (tertiary/aromatic N) is 6. The predicted octanol–water partition coefficient (Wildman–Crippen LogP) is 1.30. The van der Waals surface area contributed by atoms with Gasteiger partial charge in [-0.2, -0.15) is 10.2 Å². The zero-order valence-corrected chi connectivity index (χ0v) is 16.2. The van der Waals surface area contributed by atoms with Crippen LogP contribution in [0.15, 0.2) is 18.5 Å². The van der Waals surface area contributed by atoms with E-state index in [0.717, 1.165) is 28.3 Å². The maximum absolute atomic E-state index is 13.1. The number of esters is 1. The van der Waals surface area contributed by atoms with Crippen molar-refractivity contribution < 1.29 is 14.3 Å². The fourth-order valence-corrected chi connectivity index (χ4v) is 3.58. The molecule has 28 heavy (non-hydrogen) atoms. The highest BCUT2D eigenvalue weighted by atomic mass is 16.5. The molecule has 3 aromatic rings. The van der Waals surface area contributed by atoms with Gasteiger partial charge in [-0.05, 0) is 20.8 Å². The first kappa shape index (κ1) is 18.1. The van der Waals surface area contributed by atoms with Crippen LogP contribution in [-0.4, -0.2) is 54.3 Å². The maximum Gasteiger partial charge on any atom is 0.327 e. The molecule has 0 bridgehead atoms. The molecule has 9 heteroatoms. The van der Waals surface area contributed by atoms with Crippen LogP contribution in [0.1, 0.15) is 39.9 Å². The lowest BCUT2D eigenvalue weighted by Gasteiger charge is -2.27. The van der Waals surface area contributed by atoms with Gasteiger partial charge in [-0.25, -0.2) is 9.50 Å². The summed E-state index contributed by atoms with van der Waals surface area (Å²) in [5.41, 5.74) is 4.82. The molecule has 0 aromatic carbocycles.